The van der Waals surface area contributed by atoms with Crippen LogP contribution in [0.4, 0.5) is 0 Å². The molecule has 0 aliphatic carbocycles. The molecule has 0 spiro atoms. The summed E-state index contributed by atoms with van der Waals surface area (Å²) >= 11 is 0. The van der Waals surface area contributed by atoms with Crippen molar-refractivity contribution in [3.05, 3.63) is 0 Å². The van der Waals surface area contributed by atoms with Crippen molar-refractivity contribution >= 4 is 11.8 Å². The summed E-state index contributed by atoms with van der Waals surface area (Å²) in [5.41, 5.74) is 6.18. The van der Waals surface area contributed by atoms with Crippen LogP contribution in [0.1, 0.15) is 39.5 Å². The summed E-state index contributed by atoms with van der Waals surface area (Å²) in [6, 6.07) is -0.391. The lowest BCUT2D eigenvalue weighted by molar-refractivity contribution is -0.137. The standard InChI is InChI=1S/C16H29N3O3/c1-11(2)15(20)18-13-4-3-7-19(10-13)16(21)14(17)12-5-8-22-9-6-12/h11-14H,3-10,17H2,1-2H3,(H,18,20). The molecule has 0 bridgehead atoms. The van der Waals surface area contributed by atoms with Gasteiger partial charge in [0, 0.05) is 38.3 Å². The van der Waals surface area contributed by atoms with Gasteiger partial charge in [0.25, 0.3) is 0 Å². The Morgan fingerprint density at radius 3 is 2.55 bits per heavy atom. The summed E-state index contributed by atoms with van der Waals surface area (Å²) in [4.78, 5) is 26.3. The number of carbonyl (C=O) groups is 2. The van der Waals surface area contributed by atoms with E-state index in [1.807, 2.05) is 18.7 Å². The van der Waals surface area contributed by atoms with Gasteiger partial charge in [-0.3, -0.25) is 9.59 Å². The molecule has 0 aromatic carbocycles. The average Bonchev–Trinajstić information content (AvgIpc) is 2.54. The van der Waals surface area contributed by atoms with Gasteiger partial charge in [-0.05, 0) is 31.6 Å². The minimum Gasteiger partial charge on any atom is -0.381 e. The van der Waals surface area contributed by atoms with Gasteiger partial charge < -0.3 is 20.7 Å². The van der Waals surface area contributed by atoms with Crippen LogP contribution in [-0.2, 0) is 14.3 Å². The van der Waals surface area contributed by atoms with Crippen LogP contribution in [0.2, 0.25) is 0 Å². The van der Waals surface area contributed by atoms with Gasteiger partial charge >= 0.3 is 0 Å². The van der Waals surface area contributed by atoms with Gasteiger partial charge in [-0.25, -0.2) is 0 Å². The van der Waals surface area contributed by atoms with E-state index in [9.17, 15) is 9.59 Å². The number of piperidine rings is 1. The van der Waals surface area contributed by atoms with Crippen molar-refractivity contribution < 1.29 is 14.3 Å². The van der Waals surface area contributed by atoms with Crippen molar-refractivity contribution in [3.8, 4) is 0 Å². The van der Waals surface area contributed by atoms with Crippen molar-refractivity contribution in [2.24, 2.45) is 17.6 Å². The average molecular weight is 311 g/mol. The first-order chi connectivity index (χ1) is 10.5. The van der Waals surface area contributed by atoms with Crippen LogP contribution >= 0.6 is 0 Å². The SMILES string of the molecule is CC(C)C(=O)NC1CCCN(C(=O)C(N)C2CCOCC2)C1. The van der Waals surface area contributed by atoms with E-state index < -0.39 is 6.04 Å². The monoisotopic (exact) mass is 311 g/mol. The fourth-order valence-electron chi connectivity index (χ4n) is 3.15. The minimum atomic E-state index is -0.441. The molecule has 22 heavy (non-hydrogen) atoms. The molecule has 2 aliphatic rings. The van der Waals surface area contributed by atoms with E-state index in [0.29, 0.717) is 19.8 Å². The molecule has 2 fully saturated rings. The summed E-state index contributed by atoms with van der Waals surface area (Å²) in [6.45, 7) is 6.46. The molecular formula is C16H29N3O3. The third-order valence-electron chi connectivity index (χ3n) is 4.66. The number of nitrogens with two attached hydrogens (primary N) is 1. The van der Waals surface area contributed by atoms with E-state index in [2.05, 4.69) is 5.32 Å². The van der Waals surface area contributed by atoms with E-state index in [0.717, 1.165) is 32.2 Å². The third kappa shape index (κ3) is 4.43. The number of rotatable bonds is 4. The minimum absolute atomic E-state index is 0.0235. The van der Waals surface area contributed by atoms with Gasteiger partial charge in [0.1, 0.15) is 0 Å². The van der Waals surface area contributed by atoms with E-state index in [1.165, 1.54) is 0 Å². The quantitative estimate of drug-likeness (QED) is 0.792. The van der Waals surface area contributed by atoms with Crippen molar-refractivity contribution in [2.45, 2.75) is 51.6 Å². The highest BCUT2D eigenvalue weighted by atomic mass is 16.5. The molecule has 6 heteroatoms. The number of hydrogen-bond donors (Lipinski definition) is 2. The van der Waals surface area contributed by atoms with Crippen molar-refractivity contribution in [1.29, 1.82) is 0 Å². The summed E-state index contributed by atoms with van der Waals surface area (Å²) < 4.78 is 5.33. The van der Waals surface area contributed by atoms with Gasteiger partial charge in [-0.2, -0.15) is 0 Å². The summed E-state index contributed by atoms with van der Waals surface area (Å²) in [7, 11) is 0. The normalized spacial score (nSPS) is 25.1. The number of carbonyl (C=O) groups excluding carboxylic acids is 2. The molecule has 2 amide bonds. The summed E-state index contributed by atoms with van der Waals surface area (Å²) in [6.07, 6.45) is 3.55. The molecule has 2 atom stereocenters. The Bertz CT molecular complexity index is 394. The first-order valence-electron chi connectivity index (χ1n) is 8.41. The van der Waals surface area contributed by atoms with Crippen LogP contribution < -0.4 is 11.1 Å². The number of nitrogens with zero attached hydrogens (tertiary/aromatic N) is 1. The fraction of sp³-hybridized carbons (Fsp3) is 0.875. The number of nitrogens with one attached hydrogen (secondary N) is 1. The molecule has 6 nitrogen and oxygen atoms in total. The second kappa shape index (κ2) is 7.92. The molecule has 2 heterocycles. The van der Waals surface area contributed by atoms with Crippen molar-refractivity contribution in [3.63, 3.8) is 0 Å². The Kier molecular flexibility index (Phi) is 6.20. The molecule has 0 radical (unpaired) electrons. The van der Waals surface area contributed by atoms with Crippen molar-refractivity contribution in [2.75, 3.05) is 26.3 Å². The number of amides is 2. The molecule has 2 saturated heterocycles. The van der Waals surface area contributed by atoms with Crippen LogP contribution in [0.5, 0.6) is 0 Å². The molecule has 0 aromatic rings. The highest BCUT2D eigenvalue weighted by Gasteiger charge is 2.32. The number of likely N-dealkylation sites (tertiary alicyclic amines) is 1. The van der Waals surface area contributed by atoms with Crippen LogP contribution in [0.3, 0.4) is 0 Å². The van der Waals surface area contributed by atoms with Gasteiger partial charge in [-0.1, -0.05) is 13.8 Å². The lowest BCUT2D eigenvalue weighted by Crippen LogP contribution is -2.55. The Balaban J connectivity index is 1.87. The van der Waals surface area contributed by atoms with Gasteiger partial charge in [0.05, 0.1) is 6.04 Å². The lowest BCUT2D eigenvalue weighted by atomic mass is 9.91. The van der Waals surface area contributed by atoms with Crippen LogP contribution in [-0.4, -0.2) is 55.1 Å². The zero-order valence-electron chi connectivity index (χ0n) is 13.7. The van der Waals surface area contributed by atoms with Crippen LogP contribution in [0.15, 0.2) is 0 Å². The van der Waals surface area contributed by atoms with E-state index in [-0.39, 0.29) is 29.7 Å². The predicted octanol–water partition coefficient (Wildman–Crippen LogP) is 0.504. The molecule has 2 rings (SSSR count). The molecule has 2 aliphatic heterocycles. The van der Waals surface area contributed by atoms with Crippen molar-refractivity contribution in [1.82, 2.24) is 10.2 Å². The molecule has 3 N–H and O–H groups in total. The molecule has 0 aromatic heterocycles. The fourth-order valence-corrected chi connectivity index (χ4v) is 3.15. The first-order valence-corrected chi connectivity index (χ1v) is 8.41. The molecule has 2 unspecified atom stereocenters. The Morgan fingerprint density at radius 2 is 1.91 bits per heavy atom. The first kappa shape index (κ1) is 17.2. The second-order valence-corrected chi connectivity index (χ2v) is 6.76. The second-order valence-electron chi connectivity index (χ2n) is 6.76. The highest BCUT2D eigenvalue weighted by Crippen LogP contribution is 2.20. The zero-order chi connectivity index (χ0) is 16.1. The van der Waals surface area contributed by atoms with Gasteiger partial charge in [-0.15, -0.1) is 0 Å². The maximum atomic E-state index is 12.6. The Hall–Kier alpha value is -1.14. The third-order valence-corrected chi connectivity index (χ3v) is 4.66. The summed E-state index contributed by atoms with van der Waals surface area (Å²) in [5, 5.41) is 3.03. The van der Waals surface area contributed by atoms with Crippen LogP contribution in [0.25, 0.3) is 0 Å². The number of ether oxygens (including phenoxy) is 1. The molecule has 126 valence electrons. The zero-order valence-corrected chi connectivity index (χ0v) is 13.7. The smallest absolute Gasteiger partial charge is 0.239 e. The van der Waals surface area contributed by atoms with E-state index in [1.54, 1.807) is 0 Å². The largest absolute Gasteiger partial charge is 0.381 e. The highest BCUT2D eigenvalue weighted by molar-refractivity contribution is 5.82. The maximum absolute atomic E-state index is 12.6. The lowest BCUT2D eigenvalue weighted by Gasteiger charge is -2.37. The summed E-state index contributed by atoms with van der Waals surface area (Å²) in [5.74, 6) is 0.255. The molecule has 0 saturated carbocycles. The number of hydrogen-bond acceptors (Lipinski definition) is 4. The predicted molar refractivity (Wildman–Crippen MR) is 84.1 cm³/mol. The Labute approximate surface area is 132 Å². The van der Waals surface area contributed by atoms with Gasteiger partial charge in [0.2, 0.25) is 11.8 Å². The van der Waals surface area contributed by atoms with Gasteiger partial charge in [0.15, 0.2) is 0 Å². The van der Waals surface area contributed by atoms with E-state index >= 15 is 0 Å². The molecular weight excluding hydrogens is 282 g/mol. The Morgan fingerprint density at radius 1 is 1.23 bits per heavy atom. The topological polar surface area (TPSA) is 84.7 Å². The van der Waals surface area contributed by atoms with E-state index in [4.69, 9.17) is 10.5 Å². The maximum Gasteiger partial charge on any atom is 0.239 e. The van der Waals surface area contributed by atoms with Crippen LogP contribution in [0, 0.1) is 11.8 Å².